The number of carbonyl (C=O) groups is 1. The highest BCUT2D eigenvalue weighted by Crippen LogP contribution is 2.20. The van der Waals surface area contributed by atoms with E-state index in [1.807, 2.05) is 27.7 Å². The van der Waals surface area contributed by atoms with Crippen LogP contribution in [0, 0.1) is 5.92 Å². The topological polar surface area (TPSA) is 26.8 Å². The van der Waals surface area contributed by atoms with Crippen molar-refractivity contribution in [2.45, 2.75) is 47.5 Å². The molecule has 0 N–H and O–H groups in total. The Hall–Kier alpha value is -0.610. The van der Waals surface area contributed by atoms with Crippen LogP contribution in [0.3, 0.4) is 0 Å². The second-order valence-corrected chi connectivity index (χ2v) is 5.34. The molecule has 0 aromatic heterocycles. The average Bonchev–Trinajstić information content (AvgIpc) is 2.58. The van der Waals surface area contributed by atoms with E-state index in [4.69, 9.17) is 0 Å². The van der Waals surface area contributed by atoms with Gasteiger partial charge in [0, 0.05) is 32.1 Å². The molecule has 0 unspecified atom stereocenters. The first kappa shape index (κ1) is 20.4. The van der Waals surface area contributed by atoms with E-state index >= 15 is 0 Å². The summed E-state index contributed by atoms with van der Waals surface area (Å²) in [6, 6.07) is 0. The minimum atomic E-state index is 0.293. The lowest BCUT2D eigenvalue weighted by atomic mass is 9.95. The molecular weight excluding hydrogens is 262 g/mol. The van der Waals surface area contributed by atoms with E-state index < -0.39 is 0 Å². The molecule has 2 aliphatic rings. The second-order valence-electron chi connectivity index (χ2n) is 5.34. The third kappa shape index (κ3) is 6.79. The van der Waals surface area contributed by atoms with E-state index in [-0.39, 0.29) is 0 Å². The standard InChI is InChI=1S/C13H25N3O.2C2H6/c1-3-15-6-4-12(5-7-15)13(17)16-10-8-14(2)9-11-16;2*1-2/h12H,3-11H2,1-2H3;2*1-2H3. The third-order valence-corrected chi connectivity index (χ3v) is 4.20. The van der Waals surface area contributed by atoms with Crippen LogP contribution < -0.4 is 0 Å². The number of rotatable bonds is 2. The fraction of sp³-hybridized carbons (Fsp3) is 0.941. The Morgan fingerprint density at radius 3 is 1.81 bits per heavy atom. The smallest absolute Gasteiger partial charge is 0.225 e. The fourth-order valence-electron chi connectivity index (χ4n) is 2.78. The molecule has 2 saturated heterocycles. The van der Waals surface area contributed by atoms with E-state index in [1.54, 1.807) is 0 Å². The van der Waals surface area contributed by atoms with Crippen molar-refractivity contribution in [2.24, 2.45) is 5.92 Å². The summed E-state index contributed by atoms with van der Waals surface area (Å²) >= 11 is 0. The van der Waals surface area contributed by atoms with Crippen LogP contribution in [-0.2, 0) is 4.79 Å². The van der Waals surface area contributed by atoms with Gasteiger partial charge in [0.05, 0.1) is 0 Å². The number of carbonyl (C=O) groups excluding carboxylic acids is 1. The van der Waals surface area contributed by atoms with Gasteiger partial charge in [0.1, 0.15) is 0 Å². The van der Waals surface area contributed by atoms with Crippen LogP contribution in [-0.4, -0.2) is 73.5 Å². The highest BCUT2D eigenvalue weighted by molar-refractivity contribution is 5.79. The zero-order chi connectivity index (χ0) is 16.3. The van der Waals surface area contributed by atoms with Crippen molar-refractivity contribution in [3.8, 4) is 0 Å². The van der Waals surface area contributed by atoms with Gasteiger partial charge in [0.25, 0.3) is 0 Å². The number of likely N-dealkylation sites (N-methyl/N-ethyl adjacent to an activating group) is 1. The van der Waals surface area contributed by atoms with Crippen LogP contribution in [0.1, 0.15) is 47.5 Å². The van der Waals surface area contributed by atoms with Gasteiger partial charge in [-0.3, -0.25) is 4.79 Å². The number of amides is 1. The lowest BCUT2D eigenvalue weighted by Crippen LogP contribution is -2.50. The molecule has 0 atom stereocenters. The Balaban J connectivity index is 0.000000921. The van der Waals surface area contributed by atoms with Crippen molar-refractivity contribution in [2.75, 3.05) is 52.9 Å². The molecule has 4 nitrogen and oxygen atoms in total. The molecule has 1 amide bonds. The average molecular weight is 300 g/mol. The Bertz CT molecular complexity index is 255. The van der Waals surface area contributed by atoms with Crippen molar-refractivity contribution in [1.29, 1.82) is 0 Å². The molecular formula is C17H37N3O. The zero-order valence-corrected chi connectivity index (χ0v) is 15.2. The highest BCUT2D eigenvalue weighted by Gasteiger charge is 2.29. The summed E-state index contributed by atoms with van der Waals surface area (Å²) in [5.41, 5.74) is 0. The van der Waals surface area contributed by atoms with Crippen LogP contribution >= 0.6 is 0 Å². The summed E-state index contributed by atoms with van der Waals surface area (Å²) in [6.07, 6.45) is 2.11. The van der Waals surface area contributed by atoms with Crippen LogP contribution in [0.2, 0.25) is 0 Å². The van der Waals surface area contributed by atoms with Crippen molar-refractivity contribution >= 4 is 5.91 Å². The van der Waals surface area contributed by atoms with Crippen molar-refractivity contribution in [3.63, 3.8) is 0 Å². The van der Waals surface area contributed by atoms with E-state index in [2.05, 4.69) is 28.7 Å². The maximum absolute atomic E-state index is 12.3. The van der Waals surface area contributed by atoms with Crippen molar-refractivity contribution in [1.82, 2.24) is 14.7 Å². The predicted octanol–water partition coefficient (Wildman–Crippen LogP) is 2.54. The zero-order valence-electron chi connectivity index (χ0n) is 15.2. The first-order valence-electron chi connectivity index (χ1n) is 8.90. The molecule has 2 fully saturated rings. The summed E-state index contributed by atoms with van der Waals surface area (Å²) in [6.45, 7) is 17.4. The summed E-state index contributed by atoms with van der Waals surface area (Å²) < 4.78 is 0. The quantitative estimate of drug-likeness (QED) is 0.784. The summed E-state index contributed by atoms with van der Waals surface area (Å²) in [4.78, 5) is 19.2. The molecule has 4 heteroatoms. The highest BCUT2D eigenvalue weighted by atomic mass is 16.2. The Morgan fingerprint density at radius 1 is 0.905 bits per heavy atom. The van der Waals surface area contributed by atoms with Gasteiger partial charge < -0.3 is 14.7 Å². The lowest BCUT2D eigenvalue weighted by Gasteiger charge is -2.37. The van der Waals surface area contributed by atoms with Gasteiger partial charge in [-0.2, -0.15) is 0 Å². The summed E-state index contributed by atoms with van der Waals surface area (Å²) in [7, 11) is 2.13. The van der Waals surface area contributed by atoms with Gasteiger partial charge in [-0.05, 0) is 39.5 Å². The molecule has 0 aliphatic carbocycles. The number of hydrogen-bond acceptors (Lipinski definition) is 3. The van der Waals surface area contributed by atoms with Crippen LogP contribution in [0.5, 0.6) is 0 Å². The maximum Gasteiger partial charge on any atom is 0.225 e. The van der Waals surface area contributed by atoms with Gasteiger partial charge in [-0.25, -0.2) is 0 Å². The number of piperazine rings is 1. The number of piperidine rings is 1. The molecule has 0 bridgehead atoms. The van der Waals surface area contributed by atoms with Crippen LogP contribution in [0.15, 0.2) is 0 Å². The first-order chi connectivity index (χ1) is 10.2. The lowest BCUT2D eigenvalue weighted by molar-refractivity contribution is -0.138. The first-order valence-corrected chi connectivity index (χ1v) is 8.90. The minimum absolute atomic E-state index is 0.293. The maximum atomic E-state index is 12.3. The Morgan fingerprint density at radius 2 is 1.38 bits per heavy atom. The molecule has 0 saturated carbocycles. The molecule has 126 valence electrons. The van der Waals surface area contributed by atoms with Crippen LogP contribution in [0.25, 0.3) is 0 Å². The molecule has 2 rings (SSSR count). The van der Waals surface area contributed by atoms with E-state index in [0.29, 0.717) is 11.8 Å². The molecule has 0 radical (unpaired) electrons. The normalized spacial score (nSPS) is 21.0. The van der Waals surface area contributed by atoms with E-state index in [1.165, 1.54) is 0 Å². The fourth-order valence-corrected chi connectivity index (χ4v) is 2.78. The van der Waals surface area contributed by atoms with Gasteiger partial charge in [0.2, 0.25) is 5.91 Å². The summed E-state index contributed by atoms with van der Waals surface area (Å²) in [5, 5.41) is 0. The SMILES string of the molecule is CC.CC.CCN1CCC(C(=O)N2CCN(C)CC2)CC1. The Kier molecular flexibility index (Phi) is 11.6. The molecule has 0 aromatic rings. The number of nitrogens with zero attached hydrogens (tertiary/aromatic N) is 3. The van der Waals surface area contributed by atoms with Gasteiger partial charge in [-0.1, -0.05) is 34.6 Å². The molecule has 0 spiro atoms. The minimum Gasteiger partial charge on any atom is -0.340 e. The van der Waals surface area contributed by atoms with E-state index in [0.717, 1.165) is 58.7 Å². The van der Waals surface area contributed by atoms with Gasteiger partial charge in [-0.15, -0.1) is 0 Å². The monoisotopic (exact) mass is 299 g/mol. The van der Waals surface area contributed by atoms with Gasteiger partial charge >= 0.3 is 0 Å². The third-order valence-electron chi connectivity index (χ3n) is 4.20. The largest absolute Gasteiger partial charge is 0.340 e. The van der Waals surface area contributed by atoms with E-state index in [9.17, 15) is 4.79 Å². The number of likely N-dealkylation sites (tertiary alicyclic amines) is 1. The van der Waals surface area contributed by atoms with Gasteiger partial charge in [0.15, 0.2) is 0 Å². The second kappa shape index (κ2) is 12.0. The Labute approximate surface area is 132 Å². The predicted molar refractivity (Wildman–Crippen MR) is 91.6 cm³/mol. The number of hydrogen-bond donors (Lipinski definition) is 0. The van der Waals surface area contributed by atoms with Crippen molar-refractivity contribution in [3.05, 3.63) is 0 Å². The molecule has 0 aromatic carbocycles. The molecule has 2 aliphatic heterocycles. The molecule has 21 heavy (non-hydrogen) atoms. The van der Waals surface area contributed by atoms with Crippen molar-refractivity contribution < 1.29 is 4.79 Å². The summed E-state index contributed by atoms with van der Waals surface area (Å²) in [5.74, 6) is 0.704. The van der Waals surface area contributed by atoms with Crippen LogP contribution in [0.4, 0.5) is 0 Å². The molecule has 2 heterocycles.